The van der Waals surface area contributed by atoms with Gasteiger partial charge in [0.15, 0.2) is 5.65 Å². The Morgan fingerprint density at radius 3 is 2.88 bits per heavy atom. The molecule has 0 atom stereocenters. The summed E-state index contributed by atoms with van der Waals surface area (Å²) in [5.74, 6) is -0.962. The van der Waals surface area contributed by atoms with Crippen LogP contribution in [0.15, 0.2) is 48.0 Å². The molecule has 0 saturated heterocycles. The van der Waals surface area contributed by atoms with E-state index in [9.17, 15) is 14.0 Å². The number of benzene rings is 1. The van der Waals surface area contributed by atoms with E-state index < -0.39 is 11.2 Å². The summed E-state index contributed by atoms with van der Waals surface area (Å²) >= 11 is 6.20. The maximum atomic E-state index is 13.6. The fraction of sp³-hybridized carbons (Fsp3) is 0.348. The molecule has 5 rings (SSSR count). The van der Waals surface area contributed by atoms with Crippen LogP contribution in [0.5, 0.6) is 0 Å². The number of nitrogens with one attached hydrogen (secondary N) is 1. The van der Waals surface area contributed by atoms with E-state index in [2.05, 4.69) is 20.5 Å². The first kappa shape index (κ1) is 22.4. The summed E-state index contributed by atoms with van der Waals surface area (Å²) in [7, 11) is 1.55. The molecule has 3 aromatic rings. The first-order valence-electron chi connectivity index (χ1n) is 10.9. The quantitative estimate of drug-likeness (QED) is 0.599. The monoisotopic (exact) mass is 484 g/mol. The Morgan fingerprint density at radius 1 is 1.35 bits per heavy atom. The molecule has 1 N–H and O–H groups in total. The highest BCUT2D eigenvalue weighted by Crippen LogP contribution is 2.45. The normalized spacial score (nSPS) is 22.4. The van der Waals surface area contributed by atoms with Gasteiger partial charge in [-0.2, -0.15) is 15.2 Å². The second-order valence-corrected chi connectivity index (χ2v) is 8.88. The predicted octanol–water partition coefficient (Wildman–Crippen LogP) is 3.23. The van der Waals surface area contributed by atoms with E-state index in [0.717, 1.165) is 6.07 Å². The maximum absolute atomic E-state index is 13.6. The molecule has 176 valence electrons. The van der Waals surface area contributed by atoms with Crippen molar-refractivity contribution < 1.29 is 18.7 Å². The van der Waals surface area contributed by atoms with Gasteiger partial charge in [0.1, 0.15) is 11.4 Å². The molecule has 1 spiro atoms. The molecule has 3 heterocycles. The van der Waals surface area contributed by atoms with Crippen LogP contribution < -0.4 is 10.3 Å². The van der Waals surface area contributed by atoms with E-state index in [1.54, 1.807) is 30.1 Å². The summed E-state index contributed by atoms with van der Waals surface area (Å²) in [6.07, 6.45) is 6.97. The number of rotatable bonds is 5. The number of aromatic nitrogens is 3. The third-order valence-electron chi connectivity index (χ3n) is 6.49. The fourth-order valence-corrected chi connectivity index (χ4v) is 4.96. The van der Waals surface area contributed by atoms with Gasteiger partial charge < -0.3 is 10.1 Å². The molecule has 9 nitrogen and oxygen atoms in total. The minimum Gasteiger partial charge on any atom is -0.379 e. The number of fused-ring (bicyclic) bond motifs is 1. The Hall–Kier alpha value is -3.37. The molecule has 1 aliphatic carbocycles. The molecule has 0 radical (unpaired) electrons. The van der Waals surface area contributed by atoms with Crippen molar-refractivity contribution in [2.24, 2.45) is 10.5 Å². The van der Waals surface area contributed by atoms with E-state index in [0.29, 0.717) is 48.3 Å². The van der Waals surface area contributed by atoms with Gasteiger partial charge >= 0.3 is 0 Å². The van der Waals surface area contributed by atoms with Gasteiger partial charge in [0, 0.05) is 25.5 Å². The number of nitrogens with zero attached hydrogens (tertiary/aromatic N) is 5. The number of amides is 2. The Bertz CT molecular complexity index is 1300. The van der Waals surface area contributed by atoms with Crippen LogP contribution in [-0.2, 0) is 9.53 Å². The van der Waals surface area contributed by atoms with Crippen molar-refractivity contribution in [3.63, 3.8) is 0 Å². The van der Waals surface area contributed by atoms with Crippen LogP contribution in [-0.4, -0.2) is 51.9 Å². The molecule has 2 aromatic heterocycles. The first-order valence-corrected chi connectivity index (χ1v) is 11.3. The summed E-state index contributed by atoms with van der Waals surface area (Å²) in [6.45, 7) is 0.187. The molecular formula is C23H22ClFN6O3. The Labute approximate surface area is 199 Å². The van der Waals surface area contributed by atoms with Crippen molar-refractivity contribution >= 4 is 40.5 Å². The number of hydrogen-bond acceptors (Lipinski definition) is 6. The fourth-order valence-electron chi connectivity index (χ4n) is 4.72. The number of hydrogen-bond donors (Lipinski definition) is 1. The van der Waals surface area contributed by atoms with Crippen LogP contribution in [0.25, 0.3) is 5.65 Å². The lowest BCUT2D eigenvalue weighted by Gasteiger charge is -2.36. The zero-order chi connectivity index (χ0) is 23.9. The lowest BCUT2D eigenvalue weighted by atomic mass is 9.69. The van der Waals surface area contributed by atoms with Gasteiger partial charge in [-0.1, -0.05) is 11.6 Å². The molecular weight excluding hydrogens is 463 g/mol. The average molecular weight is 485 g/mol. The van der Waals surface area contributed by atoms with Crippen molar-refractivity contribution in [2.45, 2.75) is 31.7 Å². The molecule has 0 bridgehead atoms. The summed E-state index contributed by atoms with van der Waals surface area (Å²) in [5, 5.41) is 13.1. The van der Waals surface area contributed by atoms with Gasteiger partial charge in [-0.25, -0.2) is 13.9 Å². The van der Waals surface area contributed by atoms with Crippen molar-refractivity contribution in [1.82, 2.24) is 19.9 Å². The summed E-state index contributed by atoms with van der Waals surface area (Å²) in [6, 6.07) is 5.47. The smallest absolute Gasteiger partial charge is 0.259 e. The van der Waals surface area contributed by atoms with Crippen molar-refractivity contribution in [2.75, 3.05) is 18.7 Å². The lowest BCUT2D eigenvalue weighted by Crippen LogP contribution is -2.48. The molecule has 2 aliphatic rings. The van der Waals surface area contributed by atoms with E-state index in [4.69, 9.17) is 16.3 Å². The number of methoxy groups -OCH3 is 1. The molecule has 1 aromatic carbocycles. The van der Waals surface area contributed by atoms with Gasteiger partial charge in [0.2, 0.25) is 0 Å². The second-order valence-electron chi connectivity index (χ2n) is 8.47. The zero-order valence-corrected chi connectivity index (χ0v) is 19.1. The minimum atomic E-state index is -0.846. The molecule has 1 aliphatic heterocycles. The second kappa shape index (κ2) is 8.77. The average Bonchev–Trinajstić information content (AvgIpc) is 3.37. The van der Waals surface area contributed by atoms with Crippen molar-refractivity contribution in [3.05, 3.63) is 59.3 Å². The van der Waals surface area contributed by atoms with E-state index in [-0.39, 0.29) is 29.5 Å². The van der Waals surface area contributed by atoms with Gasteiger partial charge in [-0.15, -0.1) is 0 Å². The molecule has 2 amide bonds. The number of anilines is 1. The highest BCUT2D eigenvalue weighted by molar-refractivity contribution is 6.34. The third kappa shape index (κ3) is 3.72. The number of carbonyl (C=O) groups excluding carboxylic acids is 2. The molecule has 11 heteroatoms. The summed E-state index contributed by atoms with van der Waals surface area (Å²) < 4.78 is 20.4. The van der Waals surface area contributed by atoms with Gasteiger partial charge in [0.05, 0.1) is 34.6 Å². The number of halogens is 2. The van der Waals surface area contributed by atoms with E-state index in [1.165, 1.54) is 23.3 Å². The maximum Gasteiger partial charge on any atom is 0.259 e. The van der Waals surface area contributed by atoms with Crippen LogP contribution in [0.4, 0.5) is 10.1 Å². The number of hydrazone groups is 1. The Kier molecular flexibility index (Phi) is 5.78. The number of carbonyl (C=O) groups is 2. The van der Waals surface area contributed by atoms with Crippen LogP contribution in [0.1, 0.15) is 36.0 Å². The first-order chi connectivity index (χ1) is 16.4. The van der Waals surface area contributed by atoms with Crippen LogP contribution in [0.3, 0.4) is 0 Å². The SMILES string of the molecule is COCC1=NN(c2ccc(F)cc2Cl)C(=O)C12CCC(NC(=O)c1cnn3cccnc13)CC2. The van der Waals surface area contributed by atoms with Crippen LogP contribution >= 0.6 is 11.6 Å². The minimum absolute atomic E-state index is 0.105. The largest absolute Gasteiger partial charge is 0.379 e. The highest BCUT2D eigenvalue weighted by atomic mass is 35.5. The van der Waals surface area contributed by atoms with Crippen molar-refractivity contribution in [1.29, 1.82) is 0 Å². The van der Waals surface area contributed by atoms with Gasteiger partial charge in [-0.05, 0) is 49.9 Å². The lowest BCUT2D eigenvalue weighted by molar-refractivity contribution is -0.125. The third-order valence-corrected chi connectivity index (χ3v) is 6.79. The van der Waals surface area contributed by atoms with E-state index in [1.807, 2.05) is 0 Å². The topological polar surface area (TPSA) is 101 Å². The van der Waals surface area contributed by atoms with Crippen LogP contribution in [0.2, 0.25) is 5.02 Å². The molecule has 0 unspecified atom stereocenters. The Morgan fingerprint density at radius 2 is 2.15 bits per heavy atom. The molecule has 34 heavy (non-hydrogen) atoms. The predicted molar refractivity (Wildman–Crippen MR) is 123 cm³/mol. The Balaban J connectivity index is 1.33. The zero-order valence-electron chi connectivity index (χ0n) is 18.4. The van der Waals surface area contributed by atoms with E-state index >= 15 is 0 Å². The van der Waals surface area contributed by atoms with Crippen molar-refractivity contribution in [3.8, 4) is 0 Å². The summed E-state index contributed by atoms with van der Waals surface area (Å²) in [5.41, 5.74) is 0.976. The molecule has 1 saturated carbocycles. The summed E-state index contributed by atoms with van der Waals surface area (Å²) in [4.78, 5) is 30.7. The highest BCUT2D eigenvalue weighted by Gasteiger charge is 2.53. The standard InChI is InChI=1S/C23H22ClFN6O3/c1-34-13-19-23(22(33)31(29-19)18-4-3-14(25)11-17(18)24)7-5-15(6-8-23)28-21(32)16-12-27-30-10-2-9-26-20(16)30/h2-4,9-12,15H,5-8,13H2,1H3,(H,28,32). The van der Waals surface area contributed by atoms with Gasteiger partial charge in [0.25, 0.3) is 11.8 Å². The van der Waals surface area contributed by atoms with Gasteiger partial charge in [-0.3, -0.25) is 9.59 Å². The number of ether oxygens (including phenoxy) is 1. The van der Waals surface area contributed by atoms with Crippen LogP contribution in [0, 0.1) is 11.2 Å². The molecule has 1 fully saturated rings.